The highest BCUT2D eigenvalue weighted by atomic mass is 19.1. The van der Waals surface area contributed by atoms with E-state index in [1.54, 1.807) is 18.2 Å². The number of hydrogen-bond acceptors (Lipinski definition) is 5. The molecule has 9 heteroatoms. The van der Waals surface area contributed by atoms with Crippen LogP contribution in [0.1, 0.15) is 33.3 Å². The van der Waals surface area contributed by atoms with Gasteiger partial charge in [0.15, 0.2) is 0 Å². The van der Waals surface area contributed by atoms with Crippen LogP contribution in [0.3, 0.4) is 0 Å². The average molecular weight is 363 g/mol. The van der Waals surface area contributed by atoms with Gasteiger partial charge < -0.3 is 18.8 Å². The molecule has 1 saturated heterocycles. The zero-order valence-electron chi connectivity index (χ0n) is 15.9. The van der Waals surface area contributed by atoms with Gasteiger partial charge in [-0.15, -0.1) is 0 Å². The van der Waals surface area contributed by atoms with Gasteiger partial charge >= 0.3 is 7.12 Å². The van der Waals surface area contributed by atoms with Crippen LogP contribution in [0.5, 0.6) is 11.5 Å². The molecule has 0 saturated carbocycles. The summed E-state index contributed by atoms with van der Waals surface area (Å²) >= 11 is 0. The molecule has 140 valence electrons. The summed E-state index contributed by atoms with van der Waals surface area (Å²) in [6.07, 6.45) is 0. The molecular formula is C17H23BFN3O4. The highest BCUT2D eigenvalue weighted by Crippen LogP contribution is 2.41. The lowest BCUT2D eigenvalue weighted by atomic mass is 9.82. The van der Waals surface area contributed by atoms with E-state index in [-0.39, 0.29) is 12.1 Å². The summed E-state index contributed by atoms with van der Waals surface area (Å²) in [6, 6.07) is 4.97. The van der Waals surface area contributed by atoms with Crippen LogP contribution < -0.4 is 9.47 Å². The van der Waals surface area contributed by atoms with Crippen molar-refractivity contribution in [2.45, 2.75) is 38.9 Å². The fourth-order valence-corrected chi connectivity index (χ4v) is 2.53. The lowest BCUT2D eigenvalue weighted by molar-refractivity contribution is 0.00578. The number of nitrogens with zero attached hydrogens (tertiary/aromatic N) is 3. The Kier molecular flexibility index (Phi) is 5.86. The minimum Gasteiger partial charge on any atom is -0.497 e. The maximum atomic E-state index is 15.4. The third-order valence-corrected chi connectivity index (χ3v) is 4.77. The van der Waals surface area contributed by atoms with Crippen molar-refractivity contribution in [1.29, 1.82) is 0 Å². The van der Waals surface area contributed by atoms with Gasteiger partial charge in [0.1, 0.15) is 17.2 Å². The van der Waals surface area contributed by atoms with Crippen LogP contribution >= 0.6 is 0 Å². The van der Waals surface area contributed by atoms with Gasteiger partial charge in [-0.1, -0.05) is 5.11 Å². The highest BCUT2D eigenvalue weighted by Gasteiger charge is 2.53. The van der Waals surface area contributed by atoms with Gasteiger partial charge in [0.2, 0.25) is 0 Å². The van der Waals surface area contributed by atoms with Crippen molar-refractivity contribution in [2.75, 3.05) is 20.8 Å². The number of ether oxygens (including phenoxy) is 2. The Morgan fingerprint density at radius 3 is 2.31 bits per heavy atom. The number of halogens is 1. The first-order valence-corrected chi connectivity index (χ1v) is 8.14. The van der Waals surface area contributed by atoms with Crippen molar-refractivity contribution < 1.29 is 23.2 Å². The SMILES string of the molecule is COc1ccc(OC)c(C(CN=[N+]=[N-])=C(F)B2OC(C)(C)C(C)(C)O2)c1. The second kappa shape index (κ2) is 7.57. The van der Waals surface area contributed by atoms with Gasteiger partial charge in [0.25, 0.3) is 0 Å². The van der Waals surface area contributed by atoms with Gasteiger partial charge in [-0.2, -0.15) is 0 Å². The molecule has 1 aromatic carbocycles. The van der Waals surface area contributed by atoms with E-state index in [0.717, 1.165) is 0 Å². The third kappa shape index (κ3) is 3.80. The Morgan fingerprint density at radius 2 is 1.81 bits per heavy atom. The minimum absolute atomic E-state index is 0.122. The van der Waals surface area contributed by atoms with Crippen molar-refractivity contribution in [3.05, 3.63) is 39.9 Å². The summed E-state index contributed by atoms with van der Waals surface area (Å²) in [5.74, 6) is 0.932. The summed E-state index contributed by atoms with van der Waals surface area (Å²) in [7, 11) is 1.77. The Labute approximate surface area is 152 Å². The maximum Gasteiger partial charge on any atom is 0.525 e. The van der Waals surface area contributed by atoms with E-state index >= 15 is 4.39 Å². The quantitative estimate of drug-likeness (QED) is 0.326. The van der Waals surface area contributed by atoms with Crippen LogP contribution in [0.15, 0.2) is 29.0 Å². The molecule has 2 rings (SSSR count). The molecule has 0 amide bonds. The Balaban J connectivity index is 2.57. The predicted octanol–water partition coefficient (Wildman–Crippen LogP) is 4.33. The molecule has 1 fully saturated rings. The molecule has 0 unspecified atom stereocenters. The molecule has 7 nitrogen and oxygen atoms in total. The van der Waals surface area contributed by atoms with Crippen LogP contribution in [0.25, 0.3) is 16.0 Å². The van der Waals surface area contributed by atoms with Gasteiger partial charge in [-0.3, -0.25) is 0 Å². The highest BCUT2D eigenvalue weighted by molar-refractivity contribution is 6.55. The fraction of sp³-hybridized carbons (Fsp3) is 0.529. The third-order valence-electron chi connectivity index (χ3n) is 4.77. The molecule has 1 aliphatic rings. The zero-order chi connectivity index (χ0) is 19.5. The molecule has 1 heterocycles. The van der Waals surface area contributed by atoms with E-state index in [1.165, 1.54) is 14.2 Å². The van der Waals surface area contributed by atoms with E-state index in [9.17, 15) is 0 Å². The zero-order valence-corrected chi connectivity index (χ0v) is 15.9. The topological polar surface area (TPSA) is 85.7 Å². The molecule has 0 spiro atoms. The van der Waals surface area contributed by atoms with E-state index in [4.69, 9.17) is 24.3 Å². The first-order chi connectivity index (χ1) is 12.2. The molecule has 0 radical (unpaired) electrons. The summed E-state index contributed by atoms with van der Waals surface area (Å²) in [6.45, 7) is 7.11. The lowest BCUT2D eigenvalue weighted by Crippen LogP contribution is -2.41. The number of methoxy groups -OCH3 is 2. The number of hydrogen-bond donors (Lipinski definition) is 0. The molecular weight excluding hydrogens is 340 g/mol. The summed E-state index contributed by atoms with van der Waals surface area (Å²) in [4.78, 5) is 2.74. The van der Waals surface area contributed by atoms with E-state index in [2.05, 4.69) is 10.0 Å². The van der Waals surface area contributed by atoms with Crippen LogP contribution in [0.2, 0.25) is 0 Å². The van der Waals surface area contributed by atoms with Crippen molar-refractivity contribution >= 4 is 12.7 Å². The van der Waals surface area contributed by atoms with Crippen LogP contribution in [0.4, 0.5) is 4.39 Å². The Hall–Kier alpha value is -2.22. The first kappa shape index (κ1) is 20.1. The smallest absolute Gasteiger partial charge is 0.497 e. The van der Waals surface area contributed by atoms with Gasteiger partial charge in [0.05, 0.1) is 32.0 Å². The minimum atomic E-state index is -1.21. The molecule has 0 aromatic heterocycles. The molecule has 0 bridgehead atoms. The molecule has 1 aliphatic heterocycles. The van der Waals surface area contributed by atoms with Crippen LogP contribution in [-0.2, 0) is 9.31 Å². The van der Waals surface area contributed by atoms with E-state index < -0.39 is 24.0 Å². The van der Waals surface area contributed by atoms with Crippen molar-refractivity contribution in [3.8, 4) is 11.5 Å². The second-order valence-electron chi connectivity index (χ2n) is 6.87. The molecule has 1 aromatic rings. The molecule has 26 heavy (non-hydrogen) atoms. The van der Waals surface area contributed by atoms with Gasteiger partial charge in [-0.25, -0.2) is 4.39 Å². The first-order valence-electron chi connectivity index (χ1n) is 8.14. The van der Waals surface area contributed by atoms with Gasteiger partial charge in [0, 0.05) is 10.5 Å². The largest absolute Gasteiger partial charge is 0.525 e. The monoisotopic (exact) mass is 363 g/mol. The Morgan fingerprint density at radius 1 is 1.19 bits per heavy atom. The van der Waals surface area contributed by atoms with Crippen LogP contribution in [0, 0.1) is 0 Å². The summed E-state index contributed by atoms with van der Waals surface area (Å²) in [5.41, 5.74) is 7.17. The van der Waals surface area contributed by atoms with Crippen LogP contribution in [-0.4, -0.2) is 39.1 Å². The van der Waals surface area contributed by atoms with Crippen molar-refractivity contribution in [3.63, 3.8) is 0 Å². The average Bonchev–Trinajstić information content (AvgIpc) is 2.82. The summed E-state index contributed by atoms with van der Waals surface area (Å²) in [5, 5.41) is 3.52. The van der Waals surface area contributed by atoms with Gasteiger partial charge in [-0.05, 0) is 57.0 Å². The molecule has 0 N–H and O–H groups in total. The predicted molar refractivity (Wildman–Crippen MR) is 97.7 cm³/mol. The van der Waals surface area contributed by atoms with E-state index in [0.29, 0.717) is 17.1 Å². The molecule has 0 aliphatic carbocycles. The Bertz CT molecular complexity index is 744. The standard InChI is InChI=1S/C17H23BFN3O4/c1-16(2)17(3,4)26-18(25-16)15(19)13(10-21-22-20)12-9-11(23-5)7-8-14(12)24-6/h7-9H,10H2,1-6H3. The number of azide groups is 1. The van der Waals surface area contributed by atoms with Crippen molar-refractivity contribution in [2.24, 2.45) is 5.11 Å². The molecule has 0 atom stereocenters. The second-order valence-corrected chi connectivity index (χ2v) is 6.87. The number of rotatable bonds is 6. The normalized spacial score (nSPS) is 18.8. The van der Waals surface area contributed by atoms with E-state index in [1.807, 2.05) is 27.7 Å². The maximum absolute atomic E-state index is 15.4. The summed E-state index contributed by atoms with van der Waals surface area (Å²) < 4.78 is 37.5. The van der Waals surface area contributed by atoms with Crippen molar-refractivity contribution in [1.82, 2.24) is 0 Å². The number of benzene rings is 1. The fourth-order valence-electron chi connectivity index (χ4n) is 2.53. The lowest BCUT2D eigenvalue weighted by Gasteiger charge is -2.32.